The highest BCUT2D eigenvalue weighted by molar-refractivity contribution is 7.89. The standard InChI is InChI=1S/C16H23ClN4O4S/c1-18-15(22)11-19(2)16(23)12-20-7-9-21(10-8-20)26(24,25)14-6-4-3-5-13(14)17/h3-6H,7-12H2,1-2H3,(H,18,22)/p+1. The van der Waals surface area contributed by atoms with Gasteiger partial charge in [0.2, 0.25) is 15.9 Å². The molecule has 144 valence electrons. The number of likely N-dealkylation sites (N-methyl/N-ethyl adjacent to an activating group) is 2. The van der Waals surface area contributed by atoms with Gasteiger partial charge in [-0.25, -0.2) is 8.42 Å². The maximum atomic E-state index is 12.7. The fraction of sp³-hybridized carbons (Fsp3) is 0.500. The molecule has 0 aromatic heterocycles. The average Bonchev–Trinajstić information content (AvgIpc) is 2.62. The van der Waals surface area contributed by atoms with Crippen molar-refractivity contribution in [1.29, 1.82) is 0 Å². The molecule has 0 aliphatic carbocycles. The highest BCUT2D eigenvalue weighted by Gasteiger charge is 2.32. The number of rotatable bonds is 6. The molecule has 10 heteroatoms. The molecule has 0 atom stereocenters. The van der Waals surface area contributed by atoms with Crippen molar-refractivity contribution in [3.05, 3.63) is 29.3 Å². The van der Waals surface area contributed by atoms with Crippen molar-refractivity contribution in [2.75, 3.05) is 53.4 Å². The van der Waals surface area contributed by atoms with Gasteiger partial charge in [0.15, 0.2) is 6.54 Å². The predicted octanol–water partition coefficient (Wildman–Crippen LogP) is -1.57. The van der Waals surface area contributed by atoms with Gasteiger partial charge in [-0.3, -0.25) is 9.59 Å². The van der Waals surface area contributed by atoms with Gasteiger partial charge in [0, 0.05) is 14.1 Å². The number of amides is 2. The van der Waals surface area contributed by atoms with E-state index in [1.54, 1.807) is 25.2 Å². The Balaban J connectivity index is 1.92. The van der Waals surface area contributed by atoms with Gasteiger partial charge in [0.1, 0.15) is 4.90 Å². The Kier molecular flexibility index (Phi) is 6.99. The Bertz CT molecular complexity index is 763. The molecule has 1 aromatic carbocycles. The Morgan fingerprint density at radius 1 is 1.27 bits per heavy atom. The first-order valence-corrected chi connectivity index (χ1v) is 10.1. The first-order chi connectivity index (χ1) is 12.3. The van der Waals surface area contributed by atoms with Gasteiger partial charge < -0.3 is 15.1 Å². The first kappa shape index (κ1) is 20.6. The van der Waals surface area contributed by atoms with Gasteiger partial charge in [-0.05, 0) is 12.1 Å². The van der Waals surface area contributed by atoms with Crippen LogP contribution in [0.3, 0.4) is 0 Å². The number of hydrogen-bond acceptors (Lipinski definition) is 4. The van der Waals surface area contributed by atoms with Crippen LogP contribution in [0.15, 0.2) is 29.2 Å². The summed E-state index contributed by atoms with van der Waals surface area (Å²) in [5.41, 5.74) is 0. The number of quaternary nitrogens is 1. The molecule has 0 unspecified atom stereocenters. The number of nitrogens with one attached hydrogen (secondary N) is 2. The van der Waals surface area contributed by atoms with Crippen LogP contribution < -0.4 is 10.2 Å². The Hall–Kier alpha value is -1.68. The van der Waals surface area contributed by atoms with Crippen molar-refractivity contribution < 1.29 is 22.9 Å². The molecule has 8 nitrogen and oxygen atoms in total. The molecule has 2 amide bonds. The zero-order valence-electron chi connectivity index (χ0n) is 14.9. The zero-order valence-corrected chi connectivity index (χ0v) is 16.4. The Morgan fingerprint density at radius 3 is 2.46 bits per heavy atom. The molecule has 0 radical (unpaired) electrons. The van der Waals surface area contributed by atoms with Crippen molar-refractivity contribution in [3.63, 3.8) is 0 Å². The SMILES string of the molecule is CNC(=O)CN(C)C(=O)C[NH+]1CCN(S(=O)(=O)c2ccccc2Cl)CC1. The zero-order chi connectivity index (χ0) is 19.3. The Morgan fingerprint density at radius 2 is 1.88 bits per heavy atom. The lowest BCUT2D eigenvalue weighted by molar-refractivity contribution is -0.895. The summed E-state index contributed by atoms with van der Waals surface area (Å²) in [6.45, 7) is 1.90. The van der Waals surface area contributed by atoms with Crippen molar-refractivity contribution in [2.45, 2.75) is 4.90 Å². The maximum absolute atomic E-state index is 12.7. The van der Waals surface area contributed by atoms with Crippen molar-refractivity contribution in [3.8, 4) is 0 Å². The van der Waals surface area contributed by atoms with Gasteiger partial charge in [-0.15, -0.1) is 0 Å². The van der Waals surface area contributed by atoms with E-state index in [1.165, 1.54) is 22.3 Å². The molecule has 0 spiro atoms. The topological polar surface area (TPSA) is 91.2 Å². The summed E-state index contributed by atoms with van der Waals surface area (Å²) >= 11 is 6.02. The van der Waals surface area contributed by atoms with Gasteiger partial charge in [-0.2, -0.15) is 4.31 Å². The van der Waals surface area contributed by atoms with Crippen LogP contribution in [0, 0.1) is 0 Å². The van der Waals surface area contributed by atoms with Crippen LogP contribution in [0.4, 0.5) is 0 Å². The van der Waals surface area contributed by atoms with E-state index in [9.17, 15) is 18.0 Å². The number of benzene rings is 1. The second-order valence-electron chi connectivity index (χ2n) is 6.18. The van der Waals surface area contributed by atoms with E-state index in [-0.39, 0.29) is 34.8 Å². The third-order valence-electron chi connectivity index (χ3n) is 4.37. The van der Waals surface area contributed by atoms with Gasteiger partial charge >= 0.3 is 0 Å². The van der Waals surface area contributed by atoms with E-state index in [0.29, 0.717) is 26.2 Å². The van der Waals surface area contributed by atoms with E-state index >= 15 is 0 Å². The molecule has 1 aromatic rings. The third kappa shape index (κ3) is 4.94. The largest absolute Gasteiger partial charge is 0.358 e. The number of halogens is 1. The summed E-state index contributed by atoms with van der Waals surface area (Å²) in [4.78, 5) is 26.0. The summed E-state index contributed by atoms with van der Waals surface area (Å²) in [5, 5.41) is 2.68. The van der Waals surface area contributed by atoms with E-state index < -0.39 is 10.0 Å². The predicted molar refractivity (Wildman–Crippen MR) is 97.5 cm³/mol. The first-order valence-electron chi connectivity index (χ1n) is 8.28. The van der Waals surface area contributed by atoms with Crippen molar-refractivity contribution >= 4 is 33.4 Å². The number of hydrogen-bond donors (Lipinski definition) is 2. The summed E-state index contributed by atoms with van der Waals surface area (Å²) in [5.74, 6) is -0.377. The van der Waals surface area contributed by atoms with E-state index in [1.807, 2.05) is 0 Å². The fourth-order valence-corrected chi connectivity index (χ4v) is 4.68. The number of carbonyl (C=O) groups excluding carboxylic acids is 2. The highest BCUT2D eigenvalue weighted by Crippen LogP contribution is 2.23. The summed E-state index contributed by atoms with van der Waals surface area (Å²) in [6.07, 6.45) is 0. The van der Waals surface area contributed by atoms with Crippen LogP contribution in [0.25, 0.3) is 0 Å². The molecule has 0 saturated carbocycles. The van der Waals surface area contributed by atoms with Crippen molar-refractivity contribution in [2.24, 2.45) is 0 Å². The average molecular weight is 404 g/mol. The molecule has 1 saturated heterocycles. The summed E-state index contributed by atoms with van der Waals surface area (Å²) in [7, 11) is -0.544. The molecular formula is C16H24ClN4O4S+. The molecule has 1 aliphatic heterocycles. The van der Waals surface area contributed by atoms with Crippen LogP contribution in [-0.4, -0.2) is 82.8 Å². The second-order valence-corrected chi connectivity index (χ2v) is 8.50. The highest BCUT2D eigenvalue weighted by atomic mass is 35.5. The van der Waals surface area contributed by atoms with Gasteiger partial charge in [0.25, 0.3) is 5.91 Å². The minimum atomic E-state index is -3.64. The number of piperazine rings is 1. The molecule has 2 rings (SSSR count). The normalized spacial score (nSPS) is 16.3. The lowest BCUT2D eigenvalue weighted by atomic mass is 10.3. The quantitative estimate of drug-likeness (QED) is 0.600. The summed E-state index contributed by atoms with van der Waals surface area (Å²) in [6, 6.07) is 6.37. The minimum Gasteiger partial charge on any atom is -0.358 e. The molecule has 0 bridgehead atoms. The molecule has 1 fully saturated rings. The molecule has 2 N–H and O–H groups in total. The van der Waals surface area contributed by atoms with Gasteiger partial charge in [0.05, 0.1) is 37.7 Å². The monoisotopic (exact) mass is 403 g/mol. The van der Waals surface area contributed by atoms with Crippen LogP contribution in [0.1, 0.15) is 0 Å². The van der Waals surface area contributed by atoms with Crippen LogP contribution >= 0.6 is 11.6 Å². The van der Waals surface area contributed by atoms with E-state index in [4.69, 9.17) is 11.6 Å². The molecule has 1 aliphatic rings. The molecule has 1 heterocycles. The lowest BCUT2D eigenvalue weighted by Gasteiger charge is -2.32. The fourth-order valence-electron chi connectivity index (χ4n) is 2.74. The Labute approximate surface area is 158 Å². The van der Waals surface area contributed by atoms with Crippen molar-refractivity contribution in [1.82, 2.24) is 14.5 Å². The molecule has 26 heavy (non-hydrogen) atoms. The van der Waals surface area contributed by atoms with E-state index in [0.717, 1.165) is 4.90 Å². The smallest absolute Gasteiger partial charge is 0.277 e. The van der Waals surface area contributed by atoms with Crippen LogP contribution in [0.5, 0.6) is 0 Å². The second kappa shape index (κ2) is 8.81. The molecular weight excluding hydrogens is 380 g/mol. The van der Waals surface area contributed by atoms with Gasteiger partial charge in [-0.1, -0.05) is 23.7 Å². The number of sulfonamides is 1. The number of carbonyl (C=O) groups is 2. The van der Waals surface area contributed by atoms with Crippen LogP contribution in [0.2, 0.25) is 5.02 Å². The van der Waals surface area contributed by atoms with Crippen LogP contribution in [-0.2, 0) is 19.6 Å². The third-order valence-corrected chi connectivity index (χ3v) is 6.77. The minimum absolute atomic E-state index is 0.00955. The maximum Gasteiger partial charge on any atom is 0.277 e. The lowest BCUT2D eigenvalue weighted by Crippen LogP contribution is -3.15. The summed E-state index contributed by atoms with van der Waals surface area (Å²) < 4.78 is 26.8. The number of nitrogens with zero attached hydrogens (tertiary/aromatic N) is 2. The van der Waals surface area contributed by atoms with E-state index in [2.05, 4.69) is 5.32 Å².